The first-order chi connectivity index (χ1) is 9.08. The second kappa shape index (κ2) is 6.06. The third-order valence-electron chi connectivity index (χ3n) is 3.05. The van der Waals surface area contributed by atoms with Crippen LogP contribution in [0.5, 0.6) is 0 Å². The van der Waals surface area contributed by atoms with Gasteiger partial charge < -0.3 is 9.88 Å². The fraction of sp³-hybridized carbons (Fsp3) is 0.385. The van der Waals surface area contributed by atoms with Gasteiger partial charge in [-0.3, -0.25) is 9.89 Å². The molecule has 0 unspecified atom stereocenters. The molecule has 0 aromatic carbocycles. The van der Waals surface area contributed by atoms with Gasteiger partial charge in [-0.2, -0.15) is 5.10 Å². The van der Waals surface area contributed by atoms with Gasteiger partial charge in [0.05, 0.1) is 6.20 Å². The van der Waals surface area contributed by atoms with Crippen molar-refractivity contribution < 1.29 is 4.79 Å². The van der Waals surface area contributed by atoms with E-state index in [9.17, 15) is 4.79 Å². The fourth-order valence-electron chi connectivity index (χ4n) is 1.95. The summed E-state index contributed by atoms with van der Waals surface area (Å²) < 4.78 is 2.72. The summed E-state index contributed by atoms with van der Waals surface area (Å²) in [4.78, 5) is 11.9. The molecule has 1 amide bonds. The molecule has 2 rings (SSSR count). The number of nitrogens with one attached hydrogen (secondary N) is 2. The molecule has 0 atom stereocenters. The smallest absolute Gasteiger partial charge is 0.267 e. The molecule has 0 saturated carbocycles. The van der Waals surface area contributed by atoms with Gasteiger partial charge in [0.25, 0.3) is 5.91 Å². The Balaban J connectivity index is 1.78. The molecule has 0 aliphatic carbocycles. The van der Waals surface area contributed by atoms with Crippen molar-refractivity contribution in [3.05, 3.63) is 39.9 Å². The molecule has 0 saturated heterocycles. The first-order valence-electron chi connectivity index (χ1n) is 6.17. The van der Waals surface area contributed by atoms with Crippen LogP contribution in [0.2, 0.25) is 0 Å². The van der Waals surface area contributed by atoms with Crippen LogP contribution in [0, 0.1) is 6.92 Å². The lowest BCUT2D eigenvalue weighted by Gasteiger charge is -2.05. The summed E-state index contributed by atoms with van der Waals surface area (Å²) in [6.07, 6.45) is 5.52. The molecular weight excluding hydrogens is 308 g/mol. The van der Waals surface area contributed by atoms with Gasteiger partial charge in [-0.25, -0.2) is 0 Å². The molecule has 2 heterocycles. The van der Waals surface area contributed by atoms with Crippen molar-refractivity contribution in [3.8, 4) is 0 Å². The monoisotopic (exact) mass is 324 g/mol. The van der Waals surface area contributed by atoms with E-state index in [4.69, 9.17) is 0 Å². The molecule has 102 valence electrons. The highest BCUT2D eigenvalue weighted by atomic mass is 79.9. The van der Waals surface area contributed by atoms with E-state index in [0.717, 1.165) is 23.0 Å². The van der Waals surface area contributed by atoms with Crippen LogP contribution in [-0.4, -0.2) is 27.2 Å². The van der Waals surface area contributed by atoms with Crippen LogP contribution in [0.15, 0.2) is 22.9 Å². The minimum absolute atomic E-state index is 0.0443. The SMILES string of the molecule is Cc1[nH]ncc1CCCNC(=O)c1cc(Br)cn1C. The molecule has 6 heteroatoms. The number of carbonyl (C=O) groups is 1. The van der Waals surface area contributed by atoms with Gasteiger partial charge in [-0.05, 0) is 47.3 Å². The number of H-pyrrole nitrogens is 1. The zero-order valence-electron chi connectivity index (χ0n) is 11.0. The second-order valence-corrected chi connectivity index (χ2v) is 5.45. The van der Waals surface area contributed by atoms with Crippen LogP contribution in [-0.2, 0) is 13.5 Å². The average Bonchev–Trinajstić information content (AvgIpc) is 2.91. The van der Waals surface area contributed by atoms with E-state index < -0.39 is 0 Å². The average molecular weight is 325 g/mol. The van der Waals surface area contributed by atoms with Crippen LogP contribution in [0.4, 0.5) is 0 Å². The number of carbonyl (C=O) groups excluding carboxylic acids is 1. The summed E-state index contributed by atoms with van der Waals surface area (Å²) in [5, 5.41) is 9.81. The number of nitrogens with zero attached hydrogens (tertiary/aromatic N) is 2. The second-order valence-electron chi connectivity index (χ2n) is 4.53. The third-order valence-corrected chi connectivity index (χ3v) is 3.48. The van der Waals surface area contributed by atoms with Crippen molar-refractivity contribution in [2.24, 2.45) is 7.05 Å². The van der Waals surface area contributed by atoms with Crippen molar-refractivity contribution in [1.29, 1.82) is 0 Å². The lowest BCUT2D eigenvalue weighted by atomic mass is 10.1. The van der Waals surface area contributed by atoms with Gasteiger partial charge in [0.15, 0.2) is 0 Å². The van der Waals surface area contributed by atoms with Crippen molar-refractivity contribution >= 4 is 21.8 Å². The van der Waals surface area contributed by atoms with E-state index in [1.54, 1.807) is 4.57 Å². The maximum atomic E-state index is 11.9. The number of amides is 1. The minimum Gasteiger partial charge on any atom is -0.351 e. The summed E-state index contributed by atoms with van der Waals surface area (Å²) in [7, 11) is 1.86. The van der Waals surface area contributed by atoms with E-state index in [1.807, 2.05) is 32.4 Å². The standard InChI is InChI=1S/C13H17BrN4O/c1-9-10(7-16-17-9)4-3-5-15-13(19)12-6-11(14)8-18(12)2/h6-8H,3-5H2,1-2H3,(H,15,19)(H,16,17). The third kappa shape index (κ3) is 3.47. The van der Waals surface area contributed by atoms with Crippen LogP contribution in [0.3, 0.4) is 0 Å². The fourth-order valence-corrected chi connectivity index (χ4v) is 2.47. The molecule has 2 N–H and O–H groups in total. The Morgan fingerprint density at radius 1 is 1.58 bits per heavy atom. The lowest BCUT2D eigenvalue weighted by Crippen LogP contribution is -2.26. The maximum absolute atomic E-state index is 11.9. The first kappa shape index (κ1) is 13.9. The highest BCUT2D eigenvalue weighted by Gasteiger charge is 2.10. The van der Waals surface area contributed by atoms with Crippen molar-refractivity contribution in [2.45, 2.75) is 19.8 Å². The Labute approximate surface area is 120 Å². The zero-order valence-corrected chi connectivity index (χ0v) is 12.6. The summed E-state index contributed by atoms with van der Waals surface area (Å²) >= 11 is 3.36. The Morgan fingerprint density at radius 3 is 2.95 bits per heavy atom. The predicted octanol–water partition coefficient (Wildman–Crippen LogP) is 2.18. The number of aromatic amines is 1. The van der Waals surface area contributed by atoms with Gasteiger partial charge >= 0.3 is 0 Å². The maximum Gasteiger partial charge on any atom is 0.267 e. The summed E-state index contributed by atoms with van der Waals surface area (Å²) in [6.45, 7) is 2.66. The summed E-state index contributed by atoms with van der Waals surface area (Å²) in [5.41, 5.74) is 2.96. The molecule has 0 fully saturated rings. The van der Waals surface area contributed by atoms with Gasteiger partial charge in [0.1, 0.15) is 5.69 Å². The van der Waals surface area contributed by atoms with E-state index in [-0.39, 0.29) is 5.91 Å². The highest BCUT2D eigenvalue weighted by molar-refractivity contribution is 9.10. The van der Waals surface area contributed by atoms with Crippen LogP contribution in [0.25, 0.3) is 0 Å². The highest BCUT2D eigenvalue weighted by Crippen LogP contribution is 2.13. The van der Waals surface area contributed by atoms with Gasteiger partial charge in [0.2, 0.25) is 0 Å². The first-order valence-corrected chi connectivity index (χ1v) is 6.96. The van der Waals surface area contributed by atoms with Crippen molar-refractivity contribution in [1.82, 2.24) is 20.1 Å². The number of rotatable bonds is 5. The zero-order chi connectivity index (χ0) is 13.8. The van der Waals surface area contributed by atoms with Crippen LogP contribution >= 0.6 is 15.9 Å². The largest absolute Gasteiger partial charge is 0.351 e. The molecule has 0 aliphatic rings. The van der Waals surface area contributed by atoms with Crippen LogP contribution in [0.1, 0.15) is 28.2 Å². The van der Waals surface area contributed by atoms with E-state index in [2.05, 4.69) is 31.4 Å². The lowest BCUT2D eigenvalue weighted by molar-refractivity contribution is 0.0945. The van der Waals surface area contributed by atoms with Crippen LogP contribution < -0.4 is 5.32 Å². The Hall–Kier alpha value is -1.56. The quantitative estimate of drug-likeness (QED) is 0.828. The minimum atomic E-state index is -0.0443. The number of halogens is 1. The summed E-state index contributed by atoms with van der Waals surface area (Å²) in [6, 6.07) is 1.82. The molecule has 0 aliphatic heterocycles. The van der Waals surface area contributed by atoms with Gasteiger partial charge in [-0.15, -0.1) is 0 Å². The van der Waals surface area contributed by atoms with E-state index in [0.29, 0.717) is 12.2 Å². The van der Waals surface area contributed by atoms with E-state index in [1.165, 1.54) is 5.56 Å². The Kier molecular flexibility index (Phi) is 4.42. The number of hydrogen-bond acceptors (Lipinski definition) is 2. The van der Waals surface area contributed by atoms with Gasteiger partial charge in [0, 0.05) is 30.0 Å². The molecule has 2 aromatic rings. The normalized spacial score (nSPS) is 10.7. The predicted molar refractivity (Wildman–Crippen MR) is 77.1 cm³/mol. The van der Waals surface area contributed by atoms with E-state index >= 15 is 0 Å². The number of aromatic nitrogens is 3. The molecule has 0 bridgehead atoms. The molecule has 0 radical (unpaired) electrons. The molecule has 0 spiro atoms. The molecule has 5 nitrogen and oxygen atoms in total. The number of hydrogen-bond donors (Lipinski definition) is 2. The van der Waals surface area contributed by atoms with Crippen molar-refractivity contribution in [3.63, 3.8) is 0 Å². The Morgan fingerprint density at radius 2 is 2.37 bits per heavy atom. The summed E-state index contributed by atoms with van der Waals surface area (Å²) in [5.74, 6) is -0.0443. The number of aryl methyl sites for hydroxylation is 3. The molecular formula is C13H17BrN4O. The van der Waals surface area contributed by atoms with Crippen molar-refractivity contribution in [2.75, 3.05) is 6.54 Å². The topological polar surface area (TPSA) is 62.7 Å². The molecule has 19 heavy (non-hydrogen) atoms. The molecule has 2 aromatic heterocycles. The van der Waals surface area contributed by atoms with Gasteiger partial charge in [-0.1, -0.05) is 0 Å². The Bertz CT molecular complexity index is 573.